The Kier molecular flexibility index (Phi) is 16.4. The quantitative estimate of drug-likeness (QED) is 0.0587. The topological polar surface area (TPSA) is 102 Å². The predicted octanol–water partition coefficient (Wildman–Crippen LogP) is 8.86. The number of hydrogen-bond acceptors (Lipinski definition) is 8. The Morgan fingerprint density at radius 1 is 0.865 bits per heavy atom. The second-order valence-electron chi connectivity index (χ2n) is 14.1. The van der Waals surface area contributed by atoms with Crippen molar-refractivity contribution in [1.82, 2.24) is 9.99 Å². The van der Waals surface area contributed by atoms with Gasteiger partial charge in [-0.3, -0.25) is 4.79 Å². The number of unbranched alkanes of at least 4 members (excludes halogenated alkanes) is 1. The molecule has 0 spiro atoms. The van der Waals surface area contributed by atoms with Crippen LogP contribution in [-0.2, 0) is 24.2 Å². The Morgan fingerprint density at radius 3 is 1.92 bits per heavy atom. The Hall–Kier alpha value is -3.51. The van der Waals surface area contributed by atoms with Gasteiger partial charge in [-0.25, -0.2) is 4.67 Å². The zero-order valence-corrected chi connectivity index (χ0v) is 32.9. The summed E-state index contributed by atoms with van der Waals surface area (Å²) in [5.74, 6) is 2.36. The van der Waals surface area contributed by atoms with E-state index in [2.05, 4.69) is 87.1 Å². The number of rotatable bonds is 23. The molecule has 1 aliphatic rings. The maximum atomic E-state index is 12.5. The minimum Gasteiger partial charge on any atom is -0.497 e. The number of nitrogens with zero attached hydrogens (tertiary/aromatic N) is 2. The van der Waals surface area contributed by atoms with Gasteiger partial charge in [-0.15, -0.1) is 0 Å². The van der Waals surface area contributed by atoms with Crippen LogP contribution in [0.4, 0.5) is 0 Å². The van der Waals surface area contributed by atoms with E-state index >= 15 is 0 Å². The van der Waals surface area contributed by atoms with Gasteiger partial charge in [0, 0.05) is 30.5 Å². The van der Waals surface area contributed by atoms with Crippen LogP contribution in [0.3, 0.4) is 0 Å². The Morgan fingerprint density at radius 2 is 1.42 bits per heavy atom. The normalized spacial score (nSPS) is 16.8. The summed E-state index contributed by atoms with van der Waals surface area (Å²) in [6, 6.07) is 29.0. The first kappa shape index (κ1) is 41.2. The van der Waals surface area contributed by atoms with Crippen molar-refractivity contribution in [3.05, 3.63) is 95.6 Å². The van der Waals surface area contributed by atoms with Gasteiger partial charge in [-0.05, 0) is 93.8 Å². The monoisotopic (exact) mass is 731 g/mol. The lowest BCUT2D eigenvalue weighted by Gasteiger charge is -2.38. The molecule has 1 saturated carbocycles. The molecule has 282 valence electrons. The van der Waals surface area contributed by atoms with E-state index < -0.39 is 14.1 Å². The third-order valence-electron chi connectivity index (χ3n) is 9.58. The van der Waals surface area contributed by atoms with Gasteiger partial charge in [-0.2, -0.15) is 5.26 Å². The van der Waals surface area contributed by atoms with Crippen molar-refractivity contribution in [3.8, 4) is 17.6 Å². The average molecular weight is 732 g/mol. The molecule has 0 aliphatic heterocycles. The molecule has 3 aromatic carbocycles. The first-order valence-electron chi connectivity index (χ1n) is 18.6. The largest absolute Gasteiger partial charge is 0.497 e. The SMILES string of the molecule is COc1ccc(C(OCC(CCCCNC(=O)C2CC2C)COP(OCCC#N)N(C(C)C)C(C)C)(c2ccccc2)c2ccc(OC)cc2)cc1. The van der Waals surface area contributed by atoms with Crippen molar-refractivity contribution in [1.29, 1.82) is 5.26 Å². The molecule has 1 aliphatic carbocycles. The van der Waals surface area contributed by atoms with Gasteiger partial charge in [0.2, 0.25) is 5.91 Å². The van der Waals surface area contributed by atoms with E-state index in [4.69, 9.17) is 23.3 Å². The lowest BCUT2D eigenvalue weighted by molar-refractivity contribution is -0.122. The van der Waals surface area contributed by atoms with E-state index in [1.165, 1.54) is 0 Å². The van der Waals surface area contributed by atoms with Crippen molar-refractivity contribution in [2.24, 2.45) is 17.8 Å². The highest BCUT2D eigenvalue weighted by Crippen LogP contribution is 2.47. The second kappa shape index (κ2) is 20.7. The van der Waals surface area contributed by atoms with E-state index in [1.807, 2.05) is 42.5 Å². The number of carbonyl (C=O) groups is 1. The van der Waals surface area contributed by atoms with Gasteiger partial charge >= 0.3 is 0 Å². The summed E-state index contributed by atoms with van der Waals surface area (Å²) in [6.45, 7) is 12.5. The summed E-state index contributed by atoms with van der Waals surface area (Å²) >= 11 is 0. The molecular weight excluding hydrogens is 673 g/mol. The van der Waals surface area contributed by atoms with Gasteiger partial charge in [-0.1, -0.05) is 67.9 Å². The summed E-state index contributed by atoms with van der Waals surface area (Å²) in [6.07, 6.45) is 3.87. The predicted molar refractivity (Wildman–Crippen MR) is 207 cm³/mol. The number of nitrogens with one attached hydrogen (secondary N) is 1. The van der Waals surface area contributed by atoms with Gasteiger partial charge in [0.05, 0.1) is 46.5 Å². The molecule has 1 fully saturated rings. The van der Waals surface area contributed by atoms with Gasteiger partial charge < -0.3 is 28.6 Å². The lowest BCUT2D eigenvalue weighted by Crippen LogP contribution is -2.36. The summed E-state index contributed by atoms with van der Waals surface area (Å²) in [7, 11) is 1.91. The molecule has 1 N–H and O–H groups in total. The molecule has 0 aromatic heterocycles. The van der Waals surface area contributed by atoms with Gasteiger partial charge in [0.25, 0.3) is 8.53 Å². The number of methoxy groups -OCH3 is 2. The molecule has 4 unspecified atom stereocenters. The minimum atomic E-state index is -1.42. The molecular formula is C42H58N3O6P. The number of amides is 1. The zero-order valence-electron chi connectivity index (χ0n) is 32.0. The lowest BCUT2D eigenvalue weighted by atomic mass is 9.79. The maximum absolute atomic E-state index is 12.5. The molecule has 4 rings (SSSR count). The van der Waals surface area contributed by atoms with E-state index in [9.17, 15) is 10.1 Å². The summed E-state index contributed by atoms with van der Waals surface area (Å²) in [4.78, 5) is 12.5. The van der Waals surface area contributed by atoms with Crippen LogP contribution in [-0.4, -0.2) is 63.2 Å². The van der Waals surface area contributed by atoms with Crippen LogP contribution in [0.1, 0.15) is 83.4 Å². The van der Waals surface area contributed by atoms with Crippen molar-refractivity contribution in [3.63, 3.8) is 0 Å². The molecule has 0 bridgehead atoms. The first-order chi connectivity index (χ1) is 25.1. The molecule has 0 radical (unpaired) electrons. The summed E-state index contributed by atoms with van der Waals surface area (Å²) < 4.78 is 33.6. The van der Waals surface area contributed by atoms with E-state index in [0.29, 0.717) is 38.7 Å². The van der Waals surface area contributed by atoms with E-state index in [-0.39, 0.29) is 29.8 Å². The molecule has 3 aromatic rings. The van der Waals surface area contributed by atoms with Crippen LogP contribution < -0.4 is 14.8 Å². The molecule has 0 heterocycles. The van der Waals surface area contributed by atoms with Crippen molar-refractivity contribution in [2.45, 2.75) is 84.4 Å². The van der Waals surface area contributed by atoms with Gasteiger partial charge in [0.15, 0.2) is 0 Å². The first-order valence-corrected chi connectivity index (χ1v) is 19.7. The van der Waals surface area contributed by atoms with Crippen LogP contribution in [0.15, 0.2) is 78.9 Å². The fraction of sp³-hybridized carbons (Fsp3) is 0.524. The number of benzene rings is 3. The minimum absolute atomic E-state index is 0.00415. The van der Waals surface area contributed by atoms with Gasteiger partial charge in [0.1, 0.15) is 17.1 Å². The smallest absolute Gasteiger partial charge is 0.259 e. The highest BCUT2D eigenvalue weighted by molar-refractivity contribution is 7.44. The molecule has 4 atom stereocenters. The van der Waals surface area contributed by atoms with E-state index in [0.717, 1.165) is 53.9 Å². The maximum Gasteiger partial charge on any atom is 0.259 e. The van der Waals surface area contributed by atoms with Crippen LogP contribution in [0.2, 0.25) is 0 Å². The van der Waals surface area contributed by atoms with Crippen molar-refractivity contribution >= 4 is 14.4 Å². The zero-order chi connectivity index (χ0) is 37.5. The Balaban J connectivity index is 1.65. The van der Waals surface area contributed by atoms with Crippen molar-refractivity contribution < 1.29 is 28.1 Å². The molecule has 1 amide bonds. The Labute approximate surface area is 312 Å². The number of hydrogen-bond donors (Lipinski definition) is 1. The van der Waals surface area contributed by atoms with Crippen LogP contribution in [0.25, 0.3) is 0 Å². The third kappa shape index (κ3) is 11.2. The molecule has 0 saturated heterocycles. The Bertz CT molecular complexity index is 1470. The number of carbonyl (C=O) groups excluding carboxylic acids is 1. The van der Waals surface area contributed by atoms with E-state index in [1.54, 1.807) is 14.2 Å². The standard InChI is InChI=1S/C42H58N3O6P/c1-31(2)45(32(3)4)52(50-27-13-25-43)51-30-34(14-11-12-26-44-41(46)40-28-33(40)5)29-49-42(35-15-9-8-10-16-35,36-17-21-38(47-6)22-18-36)37-19-23-39(48-7)24-20-37/h8-10,15-24,31-34,40H,11-14,26-30H2,1-7H3,(H,44,46). The fourth-order valence-corrected chi connectivity index (χ4v) is 8.28. The molecule has 10 heteroatoms. The summed E-state index contributed by atoms with van der Waals surface area (Å²) in [5, 5.41) is 12.4. The fourth-order valence-electron chi connectivity index (χ4n) is 6.60. The van der Waals surface area contributed by atoms with Crippen molar-refractivity contribution in [2.75, 3.05) is 40.6 Å². The third-order valence-corrected chi connectivity index (χ3v) is 11.7. The number of ether oxygens (including phenoxy) is 3. The highest BCUT2D eigenvalue weighted by Gasteiger charge is 2.40. The second-order valence-corrected chi connectivity index (χ2v) is 15.6. The molecule has 9 nitrogen and oxygen atoms in total. The number of nitriles is 1. The van der Waals surface area contributed by atoms with Crippen LogP contribution >= 0.6 is 8.53 Å². The molecule has 52 heavy (non-hydrogen) atoms. The van der Waals surface area contributed by atoms with Crippen LogP contribution in [0.5, 0.6) is 11.5 Å². The summed E-state index contributed by atoms with van der Waals surface area (Å²) in [5.41, 5.74) is 1.97. The van der Waals surface area contributed by atoms with Crippen LogP contribution in [0, 0.1) is 29.1 Å². The average Bonchev–Trinajstić information content (AvgIpc) is 3.90. The highest BCUT2D eigenvalue weighted by atomic mass is 31.2.